The van der Waals surface area contributed by atoms with E-state index >= 15 is 4.39 Å². The second kappa shape index (κ2) is 8.22. The van der Waals surface area contributed by atoms with Crippen LogP contribution in [0.4, 0.5) is 33.3 Å². The van der Waals surface area contributed by atoms with E-state index in [1.54, 1.807) is 0 Å². The van der Waals surface area contributed by atoms with Gasteiger partial charge in [-0.15, -0.1) is 12.6 Å². The second-order valence-corrected chi connectivity index (χ2v) is 8.09. The molecule has 0 spiro atoms. The van der Waals surface area contributed by atoms with Crippen LogP contribution in [-0.2, 0) is 11.0 Å². The molecule has 0 radical (unpaired) electrons. The number of hydrogen-bond acceptors (Lipinski definition) is 5. The third-order valence-electron chi connectivity index (χ3n) is 5.29. The van der Waals surface area contributed by atoms with Gasteiger partial charge in [-0.05, 0) is 44.2 Å². The number of carbonyl (C=O) groups is 2. The van der Waals surface area contributed by atoms with Crippen molar-refractivity contribution in [1.29, 1.82) is 5.26 Å². The average Bonchev–Trinajstić information content (AvgIpc) is 2.90. The molecule has 1 aliphatic rings. The predicted octanol–water partition coefficient (Wildman–Crippen LogP) is 4.06. The Balaban J connectivity index is 2.14. The maximum absolute atomic E-state index is 15.0. The largest absolute Gasteiger partial charge is 0.420 e. The van der Waals surface area contributed by atoms with Gasteiger partial charge in [-0.3, -0.25) is 14.5 Å². The molecule has 1 heterocycles. The molecule has 1 fully saturated rings. The first-order valence-corrected chi connectivity index (χ1v) is 9.91. The fourth-order valence-electron chi connectivity index (χ4n) is 3.69. The van der Waals surface area contributed by atoms with E-state index in [0.29, 0.717) is 4.90 Å². The molecular weight excluding hydrogens is 467 g/mol. The minimum Gasteiger partial charge on any atom is -0.355 e. The summed E-state index contributed by atoms with van der Waals surface area (Å²) in [7, 11) is 1.32. The number of rotatable bonds is 3. The first-order valence-electron chi connectivity index (χ1n) is 9.39. The highest BCUT2D eigenvalue weighted by Crippen LogP contribution is 2.44. The van der Waals surface area contributed by atoms with E-state index in [1.807, 2.05) is 0 Å². The van der Waals surface area contributed by atoms with Crippen LogP contribution in [0.1, 0.15) is 35.3 Å². The Labute approximate surface area is 191 Å². The van der Waals surface area contributed by atoms with Gasteiger partial charge in [0.05, 0.1) is 22.9 Å². The zero-order valence-corrected chi connectivity index (χ0v) is 18.4. The van der Waals surface area contributed by atoms with E-state index in [-0.39, 0.29) is 11.3 Å². The molecule has 1 aliphatic heterocycles. The van der Waals surface area contributed by atoms with Crippen molar-refractivity contribution in [2.45, 2.75) is 31.1 Å². The zero-order valence-electron chi connectivity index (χ0n) is 17.5. The summed E-state index contributed by atoms with van der Waals surface area (Å²) in [6.07, 6.45) is -5.19. The van der Waals surface area contributed by atoms with Gasteiger partial charge in [0.2, 0.25) is 0 Å². The highest BCUT2D eigenvalue weighted by molar-refractivity contribution is 7.81. The summed E-state index contributed by atoms with van der Waals surface area (Å²) in [6.45, 7) is 2.82. The van der Waals surface area contributed by atoms with Crippen LogP contribution >= 0.6 is 12.6 Å². The van der Waals surface area contributed by atoms with Crippen molar-refractivity contribution in [1.82, 2.24) is 5.32 Å². The number of nitriles is 1. The van der Waals surface area contributed by atoms with Crippen molar-refractivity contribution in [3.63, 3.8) is 0 Å². The lowest BCUT2D eigenvalue weighted by Gasteiger charge is -2.33. The Morgan fingerprint density at radius 1 is 1.21 bits per heavy atom. The third-order valence-corrected chi connectivity index (χ3v) is 5.76. The smallest absolute Gasteiger partial charge is 0.355 e. The molecule has 12 heteroatoms. The predicted molar refractivity (Wildman–Crippen MR) is 113 cm³/mol. The van der Waals surface area contributed by atoms with E-state index in [1.165, 1.54) is 44.0 Å². The molecule has 2 aromatic carbocycles. The van der Waals surface area contributed by atoms with Crippen molar-refractivity contribution in [2.75, 3.05) is 16.8 Å². The van der Waals surface area contributed by atoms with Crippen LogP contribution in [0, 0.1) is 23.0 Å². The fourth-order valence-corrected chi connectivity index (χ4v) is 4.34. The van der Waals surface area contributed by atoms with Crippen molar-refractivity contribution >= 4 is 35.8 Å². The molecule has 1 unspecified atom stereocenters. The van der Waals surface area contributed by atoms with Gasteiger partial charge in [-0.2, -0.15) is 18.4 Å². The Bertz CT molecular complexity index is 1190. The zero-order chi connectivity index (χ0) is 24.9. The van der Waals surface area contributed by atoms with E-state index in [4.69, 9.17) is 5.26 Å². The minimum atomic E-state index is -5.19. The van der Waals surface area contributed by atoms with E-state index < -0.39 is 57.5 Å². The molecule has 1 N–H and O–H groups in total. The number of amides is 2. The molecule has 6 nitrogen and oxygen atoms in total. The van der Waals surface area contributed by atoms with Gasteiger partial charge in [0.25, 0.3) is 11.8 Å². The molecule has 0 bridgehead atoms. The number of carbonyl (C=O) groups excluding carboxylic acids is 2. The number of hydrogen-bond donors (Lipinski definition) is 2. The number of alkyl halides is 3. The highest BCUT2D eigenvalue weighted by atomic mass is 32.1. The molecule has 1 atom stereocenters. The Hall–Kier alpha value is -3.33. The average molecular weight is 484 g/mol. The van der Waals surface area contributed by atoms with Crippen LogP contribution in [0.15, 0.2) is 30.3 Å². The summed E-state index contributed by atoms with van der Waals surface area (Å²) in [5.74, 6) is -4.19. The lowest BCUT2D eigenvalue weighted by molar-refractivity contribution is -0.140. The van der Waals surface area contributed by atoms with Gasteiger partial charge in [0.1, 0.15) is 16.9 Å². The third kappa shape index (κ3) is 3.86. The highest BCUT2D eigenvalue weighted by Gasteiger charge is 2.53. The van der Waals surface area contributed by atoms with Gasteiger partial charge in [-0.25, -0.2) is 8.78 Å². The van der Waals surface area contributed by atoms with Crippen LogP contribution in [0.2, 0.25) is 0 Å². The van der Waals surface area contributed by atoms with Crippen LogP contribution in [0.25, 0.3) is 0 Å². The molecule has 1 saturated heterocycles. The van der Waals surface area contributed by atoms with Gasteiger partial charge in [0, 0.05) is 12.7 Å². The fraction of sp³-hybridized carbons (Fsp3) is 0.286. The van der Waals surface area contributed by atoms with Gasteiger partial charge >= 0.3 is 6.18 Å². The Morgan fingerprint density at radius 2 is 1.85 bits per heavy atom. The Kier molecular flexibility index (Phi) is 6.06. The SMILES string of the molecule is CNC(=O)c1ccc(N2C(S)N(c3ccc(C#N)c(C(F)(F)F)c3F)C(=O)C2(C)C)cc1F. The van der Waals surface area contributed by atoms with Crippen LogP contribution in [0.5, 0.6) is 0 Å². The maximum Gasteiger partial charge on any atom is 0.420 e. The van der Waals surface area contributed by atoms with E-state index in [9.17, 15) is 27.2 Å². The van der Waals surface area contributed by atoms with E-state index in [0.717, 1.165) is 18.2 Å². The summed E-state index contributed by atoms with van der Waals surface area (Å²) >= 11 is 4.32. The number of nitrogens with zero attached hydrogens (tertiary/aromatic N) is 3. The minimum absolute atomic E-state index is 0.0890. The molecule has 0 aliphatic carbocycles. The van der Waals surface area contributed by atoms with Crippen LogP contribution < -0.4 is 15.1 Å². The number of halogens is 5. The van der Waals surface area contributed by atoms with Crippen molar-refractivity contribution in [3.8, 4) is 6.07 Å². The summed E-state index contributed by atoms with van der Waals surface area (Å²) in [5.41, 5.74) is -6.45. The molecule has 174 valence electrons. The van der Waals surface area contributed by atoms with Crippen LogP contribution in [0.3, 0.4) is 0 Å². The molecular formula is C21H17F5N4O2S. The van der Waals surface area contributed by atoms with Gasteiger partial charge in [-0.1, -0.05) is 0 Å². The summed E-state index contributed by atoms with van der Waals surface area (Å²) in [4.78, 5) is 26.9. The molecule has 0 saturated carbocycles. The molecule has 2 aromatic rings. The van der Waals surface area contributed by atoms with Crippen LogP contribution in [-0.4, -0.2) is 29.9 Å². The lowest BCUT2D eigenvalue weighted by Crippen LogP contribution is -2.45. The number of nitrogens with one attached hydrogen (secondary N) is 1. The summed E-state index contributed by atoms with van der Waals surface area (Å²) in [5, 5.41) is 11.2. The van der Waals surface area contributed by atoms with Crippen molar-refractivity contribution in [3.05, 3.63) is 58.7 Å². The monoisotopic (exact) mass is 484 g/mol. The molecule has 33 heavy (non-hydrogen) atoms. The molecule has 0 aromatic heterocycles. The Morgan fingerprint density at radius 3 is 2.36 bits per heavy atom. The van der Waals surface area contributed by atoms with Crippen molar-refractivity contribution in [2.24, 2.45) is 0 Å². The standard InChI is InChI=1S/C21H17F5N4O2S/c1-20(2)18(32)29(14-7-4-10(9-27)15(16(14)23)21(24,25)26)19(33)30(20)11-5-6-12(13(22)8-11)17(31)28-3/h4-8,19,33H,1-3H3,(H,28,31). The number of anilines is 2. The van der Waals surface area contributed by atoms with Gasteiger partial charge < -0.3 is 10.2 Å². The normalized spacial score (nSPS) is 17.8. The maximum atomic E-state index is 15.0. The first kappa shape index (κ1) is 24.3. The van der Waals surface area contributed by atoms with Gasteiger partial charge in [0.15, 0.2) is 11.3 Å². The quantitative estimate of drug-likeness (QED) is 0.509. The molecule has 3 rings (SSSR count). The number of thiol groups is 1. The number of benzene rings is 2. The lowest BCUT2D eigenvalue weighted by atomic mass is 10.0. The second-order valence-electron chi connectivity index (χ2n) is 7.62. The van der Waals surface area contributed by atoms with Crippen molar-refractivity contribution < 1.29 is 31.5 Å². The summed E-state index contributed by atoms with van der Waals surface area (Å²) < 4.78 is 69.8. The first-order chi connectivity index (χ1) is 15.3. The topological polar surface area (TPSA) is 76.4 Å². The summed E-state index contributed by atoms with van der Waals surface area (Å²) in [6, 6.07) is 6.44. The molecule has 2 amide bonds. The van der Waals surface area contributed by atoms with E-state index in [2.05, 4.69) is 17.9 Å².